The molecule has 2 rings (SSSR count). The normalized spacial score (nSPS) is 10.6. The molecular weight excluding hydrogens is 310 g/mol. The van der Waals surface area contributed by atoms with Crippen LogP contribution in [0.3, 0.4) is 0 Å². The number of rotatable bonds is 4. The zero-order valence-corrected chi connectivity index (χ0v) is 12.6. The van der Waals surface area contributed by atoms with Crippen molar-refractivity contribution >= 4 is 27.6 Å². The molecule has 8 heteroatoms. The van der Waals surface area contributed by atoms with Crippen molar-refractivity contribution in [2.75, 3.05) is 10.7 Å². The quantitative estimate of drug-likeness (QED) is 0.582. The lowest BCUT2D eigenvalue weighted by atomic mass is 10.2. The second-order valence-electron chi connectivity index (χ2n) is 4.16. The molecule has 0 unspecified atom stereocenters. The van der Waals surface area contributed by atoms with E-state index in [1.54, 1.807) is 0 Å². The number of hydrogen-bond donors (Lipinski definition) is 3. The Bertz CT molecular complexity index is 593. The van der Waals surface area contributed by atoms with E-state index in [0.29, 0.717) is 22.7 Å². The van der Waals surface area contributed by atoms with E-state index in [1.165, 1.54) is 6.33 Å². The highest BCUT2D eigenvalue weighted by molar-refractivity contribution is 9.10. The van der Waals surface area contributed by atoms with Gasteiger partial charge in [-0.3, -0.25) is 4.68 Å². The topological polar surface area (TPSA) is 93.7 Å². The molecule has 0 fully saturated rings. The number of hydrogen-bond acceptors (Lipinski definition) is 6. The summed E-state index contributed by atoms with van der Waals surface area (Å²) in [5.41, 5.74) is 5.81. The number of aromatic nitrogens is 4. The lowest BCUT2D eigenvalue weighted by Gasteiger charge is -2.10. The number of nitrogen functional groups attached to an aromatic ring is 1. The predicted molar refractivity (Wildman–Crippen MR) is 77.6 cm³/mol. The van der Waals surface area contributed by atoms with E-state index in [9.17, 15) is 0 Å². The summed E-state index contributed by atoms with van der Waals surface area (Å²) in [5.74, 6) is 6.59. The summed E-state index contributed by atoms with van der Waals surface area (Å²) in [5, 5.41) is 7.63. The van der Waals surface area contributed by atoms with Gasteiger partial charge in [0.25, 0.3) is 0 Å². The summed E-state index contributed by atoms with van der Waals surface area (Å²) in [4.78, 5) is 8.18. The molecule has 0 amide bonds. The second kappa shape index (κ2) is 5.54. The fourth-order valence-electron chi connectivity index (χ4n) is 1.84. The van der Waals surface area contributed by atoms with Gasteiger partial charge in [0.2, 0.25) is 0 Å². The van der Waals surface area contributed by atoms with E-state index >= 15 is 0 Å². The number of nitrogens with one attached hydrogen (secondary N) is 2. The molecule has 0 bridgehead atoms. The second-order valence-corrected chi connectivity index (χ2v) is 4.95. The lowest BCUT2D eigenvalue weighted by molar-refractivity contribution is 0.730. The van der Waals surface area contributed by atoms with Gasteiger partial charge in [-0.25, -0.2) is 15.8 Å². The van der Waals surface area contributed by atoms with Crippen LogP contribution in [0.5, 0.6) is 0 Å². The first-order valence-corrected chi connectivity index (χ1v) is 6.54. The molecule has 0 atom stereocenters. The van der Waals surface area contributed by atoms with Crippen LogP contribution >= 0.6 is 15.9 Å². The van der Waals surface area contributed by atoms with Crippen LogP contribution in [0.2, 0.25) is 0 Å². The highest BCUT2D eigenvalue weighted by Gasteiger charge is 2.11. The van der Waals surface area contributed by atoms with Crippen molar-refractivity contribution in [3.63, 3.8) is 0 Å². The van der Waals surface area contributed by atoms with E-state index in [0.717, 1.165) is 17.0 Å². The van der Waals surface area contributed by atoms with Crippen molar-refractivity contribution in [2.24, 2.45) is 12.9 Å². The maximum absolute atomic E-state index is 5.37. The molecule has 0 saturated heterocycles. The molecule has 2 heterocycles. The van der Waals surface area contributed by atoms with Crippen LogP contribution in [0, 0.1) is 13.8 Å². The highest BCUT2D eigenvalue weighted by Crippen LogP contribution is 2.26. The van der Waals surface area contributed by atoms with Crippen molar-refractivity contribution in [2.45, 2.75) is 20.4 Å². The van der Waals surface area contributed by atoms with Crippen LogP contribution < -0.4 is 16.6 Å². The molecule has 4 N–H and O–H groups in total. The van der Waals surface area contributed by atoms with Gasteiger partial charge in [0, 0.05) is 24.8 Å². The van der Waals surface area contributed by atoms with Crippen LogP contribution in [0.15, 0.2) is 10.8 Å². The Morgan fingerprint density at radius 3 is 2.58 bits per heavy atom. The maximum atomic E-state index is 5.37. The van der Waals surface area contributed by atoms with Crippen LogP contribution in [0.1, 0.15) is 17.0 Å². The average molecular weight is 326 g/mol. The van der Waals surface area contributed by atoms with Crippen molar-refractivity contribution < 1.29 is 0 Å². The molecule has 102 valence electrons. The predicted octanol–water partition coefficient (Wildman–Crippen LogP) is 1.49. The summed E-state index contributed by atoms with van der Waals surface area (Å²) in [6.45, 7) is 4.68. The minimum atomic E-state index is 0.539. The maximum Gasteiger partial charge on any atom is 0.159 e. The largest absolute Gasteiger partial charge is 0.365 e. The standard InChI is InChI=1S/C11H16BrN7/c1-6-8(7(2)19(3)18-6)4-14-10-9(12)11(17-13)16-5-15-10/h5H,4,13H2,1-3H3,(H2,14,15,16,17). The first-order valence-electron chi connectivity index (χ1n) is 5.74. The summed E-state index contributed by atoms with van der Waals surface area (Å²) in [6.07, 6.45) is 1.45. The zero-order chi connectivity index (χ0) is 14.0. The number of hydrazine groups is 1. The first kappa shape index (κ1) is 13.8. The van der Waals surface area contributed by atoms with Crippen LogP contribution in [0.4, 0.5) is 11.6 Å². The van der Waals surface area contributed by atoms with E-state index < -0.39 is 0 Å². The third-order valence-corrected chi connectivity index (χ3v) is 3.77. The lowest BCUT2D eigenvalue weighted by Crippen LogP contribution is -2.11. The Morgan fingerprint density at radius 2 is 2.00 bits per heavy atom. The number of anilines is 2. The number of nitrogens with zero attached hydrogens (tertiary/aromatic N) is 4. The molecule has 0 spiro atoms. The Hall–Kier alpha value is -1.67. The van der Waals surface area contributed by atoms with Crippen LogP contribution in [0.25, 0.3) is 0 Å². The molecule has 7 nitrogen and oxygen atoms in total. The monoisotopic (exact) mass is 325 g/mol. The molecule has 0 aliphatic rings. The molecule has 19 heavy (non-hydrogen) atoms. The van der Waals surface area contributed by atoms with Gasteiger partial charge in [0.15, 0.2) is 5.82 Å². The summed E-state index contributed by atoms with van der Waals surface area (Å²) in [7, 11) is 1.93. The Labute approximate surface area is 119 Å². The first-order chi connectivity index (χ1) is 9.04. The molecule has 2 aromatic heterocycles. The van der Waals surface area contributed by atoms with Crippen LogP contribution in [-0.4, -0.2) is 19.7 Å². The van der Waals surface area contributed by atoms with E-state index in [4.69, 9.17) is 5.84 Å². The summed E-state index contributed by atoms with van der Waals surface area (Å²) in [6, 6.07) is 0. The van der Waals surface area contributed by atoms with Crippen LogP contribution in [-0.2, 0) is 13.6 Å². The Kier molecular flexibility index (Phi) is 4.01. The molecule has 0 saturated carbocycles. The molecule has 0 aromatic carbocycles. The van der Waals surface area contributed by atoms with Crippen molar-refractivity contribution in [3.8, 4) is 0 Å². The third-order valence-electron chi connectivity index (χ3n) is 3.02. The smallest absolute Gasteiger partial charge is 0.159 e. The molecule has 0 radical (unpaired) electrons. The number of halogens is 1. The number of aryl methyl sites for hydroxylation is 2. The van der Waals surface area contributed by atoms with Gasteiger partial charge in [-0.2, -0.15) is 5.10 Å². The highest BCUT2D eigenvalue weighted by atomic mass is 79.9. The molecule has 0 aliphatic heterocycles. The van der Waals surface area contributed by atoms with Crippen molar-refractivity contribution in [1.29, 1.82) is 0 Å². The molecular formula is C11H16BrN7. The average Bonchev–Trinajstić information content (AvgIpc) is 2.63. The van der Waals surface area contributed by atoms with Crippen molar-refractivity contribution in [3.05, 3.63) is 27.8 Å². The molecule has 0 aliphatic carbocycles. The van der Waals surface area contributed by atoms with Gasteiger partial charge in [-0.15, -0.1) is 0 Å². The SMILES string of the molecule is Cc1nn(C)c(C)c1CNc1ncnc(NN)c1Br. The summed E-state index contributed by atoms with van der Waals surface area (Å²) >= 11 is 3.41. The fourth-order valence-corrected chi connectivity index (χ4v) is 2.30. The van der Waals surface area contributed by atoms with Gasteiger partial charge < -0.3 is 10.7 Å². The van der Waals surface area contributed by atoms with Gasteiger partial charge in [0.05, 0.1) is 5.69 Å². The summed E-state index contributed by atoms with van der Waals surface area (Å²) < 4.78 is 2.57. The third kappa shape index (κ3) is 2.69. The Morgan fingerprint density at radius 1 is 1.32 bits per heavy atom. The van der Waals surface area contributed by atoms with E-state index in [-0.39, 0.29) is 0 Å². The van der Waals surface area contributed by atoms with Gasteiger partial charge in [-0.1, -0.05) is 0 Å². The fraction of sp³-hybridized carbons (Fsp3) is 0.364. The molecule has 2 aromatic rings. The van der Waals surface area contributed by atoms with Gasteiger partial charge in [0.1, 0.15) is 16.6 Å². The zero-order valence-electron chi connectivity index (χ0n) is 11.0. The van der Waals surface area contributed by atoms with Crippen molar-refractivity contribution in [1.82, 2.24) is 19.7 Å². The van der Waals surface area contributed by atoms with E-state index in [1.807, 2.05) is 25.6 Å². The van der Waals surface area contributed by atoms with E-state index in [2.05, 4.69) is 41.7 Å². The van der Waals surface area contributed by atoms with Gasteiger partial charge in [-0.05, 0) is 29.8 Å². The van der Waals surface area contributed by atoms with Gasteiger partial charge >= 0.3 is 0 Å². The minimum absolute atomic E-state index is 0.539. The number of nitrogens with two attached hydrogens (primary N) is 1. The minimum Gasteiger partial charge on any atom is -0.365 e. The Balaban J connectivity index is 2.19.